The number of aromatic nitrogens is 2. The third-order valence-corrected chi connectivity index (χ3v) is 2.58. The fraction of sp³-hybridized carbons (Fsp3) is 0.727. The van der Waals surface area contributed by atoms with Gasteiger partial charge in [-0.25, -0.2) is 0 Å². The molecule has 3 N–H and O–H groups in total. The number of nitrogens with zero attached hydrogens (tertiary/aromatic N) is 2. The van der Waals surface area contributed by atoms with Crippen molar-refractivity contribution in [1.82, 2.24) is 9.78 Å². The quantitative estimate of drug-likeness (QED) is 0.879. The lowest BCUT2D eigenvalue weighted by Gasteiger charge is -2.17. The smallest absolute Gasteiger partial charge is 0.391 e. The molecule has 1 atom stereocenters. The van der Waals surface area contributed by atoms with E-state index < -0.39 is 18.6 Å². The molecule has 18 heavy (non-hydrogen) atoms. The lowest BCUT2D eigenvalue weighted by Crippen LogP contribution is -2.25. The number of nitrogens with one attached hydrogen (secondary N) is 1. The fourth-order valence-corrected chi connectivity index (χ4v) is 1.79. The van der Waals surface area contributed by atoms with E-state index in [2.05, 4.69) is 10.4 Å². The molecule has 0 radical (unpaired) electrons. The molecule has 1 heterocycles. The Bertz CT molecular complexity index is 409. The molecular weight excluding hydrogens is 245 g/mol. The van der Waals surface area contributed by atoms with Gasteiger partial charge in [-0.15, -0.1) is 0 Å². The van der Waals surface area contributed by atoms with Crippen LogP contribution in [0.1, 0.15) is 38.8 Å². The minimum Gasteiger partial charge on any atom is -0.394 e. The lowest BCUT2D eigenvalue weighted by atomic mass is 10.1. The average molecular weight is 264 g/mol. The second-order valence-electron chi connectivity index (χ2n) is 4.79. The Balaban J connectivity index is 2.85. The molecule has 0 saturated carbocycles. The summed E-state index contributed by atoms with van der Waals surface area (Å²) in [5.41, 5.74) is 7.00. The van der Waals surface area contributed by atoms with Gasteiger partial charge in [0.2, 0.25) is 0 Å². The van der Waals surface area contributed by atoms with Crippen molar-refractivity contribution >= 4 is 11.5 Å². The Hall–Kier alpha value is -1.40. The van der Waals surface area contributed by atoms with Crippen LogP contribution in [0.15, 0.2) is 0 Å². The van der Waals surface area contributed by atoms with E-state index in [1.807, 2.05) is 13.8 Å². The van der Waals surface area contributed by atoms with Gasteiger partial charge < -0.3 is 11.1 Å². The highest BCUT2D eigenvalue weighted by Crippen LogP contribution is 2.30. The van der Waals surface area contributed by atoms with Gasteiger partial charge in [0, 0.05) is 13.1 Å². The average Bonchev–Trinajstić information content (AvgIpc) is 2.42. The molecule has 0 aromatic carbocycles. The third-order valence-electron chi connectivity index (χ3n) is 2.58. The molecule has 4 nitrogen and oxygen atoms in total. The number of anilines is 2. The van der Waals surface area contributed by atoms with Crippen molar-refractivity contribution in [2.75, 3.05) is 11.1 Å². The number of halogens is 3. The van der Waals surface area contributed by atoms with Crippen molar-refractivity contribution in [2.24, 2.45) is 7.05 Å². The van der Waals surface area contributed by atoms with Gasteiger partial charge >= 0.3 is 6.18 Å². The predicted octanol–water partition coefficient (Wildman–Crippen LogP) is 2.88. The molecule has 0 amide bonds. The van der Waals surface area contributed by atoms with Crippen molar-refractivity contribution < 1.29 is 13.2 Å². The van der Waals surface area contributed by atoms with Gasteiger partial charge in [-0.05, 0) is 12.8 Å². The van der Waals surface area contributed by atoms with Crippen LogP contribution < -0.4 is 11.1 Å². The summed E-state index contributed by atoms with van der Waals surface area (Å²) in [6, 6.07) is -0.747. The van der Waals surface area contributed by atoms with Gasteiger partial charge in [-0.2, -0.15) is 18.3 Å². The van der Waals surface area contributed by atoms with E-state index in [9.17, 15) is 13.2 Å². The Labute approximate surface area is 104 Å². The molecule has 1 unspecified atom stereocenters. The van der Waals surface area contributed by atoms with Crippen LogP contribution in [0.5, 0.6) is 0 Å². The summed E-state index contributed by atoms with van der Waals surface area (Å²) in [5, 5.41) is 6.97. The largest absolute Gasteiger partial charge is 0.394 e. The molecule has 1 aromatic rings. The maximum atomic E-state index is 12.2. The SMILES string of the molecule is CC(CC(F)(F)F)Nc1c(N)c(C(C)C)nn1C. The molecule has 0 aliphatic heterocycles. The molecule has 104 valence electrons. The van der Waals surface area contributed by atoms with Crippen LogP contribution in [0.3, 0.4) is 0 Å². The van der Waals surface area contributed by atoms with Crippen molar-refractivity contribution in [3.8, 4) is 0 Å². The zero-order valence-electron chi connectivity index (χ0n) is 11.0. The molecule has 7 heteroatoms. The Kier molecular flexibility index (Phi) is 4.13. The molecule has 1 rings (SSSR count). The standard InChI is InChI=1S/C11H19F3N4/c1-6(2)9-8(15)10(18(4)17-9)16-7(3)5-11(12,13)14/h6-7,16H,5,15H2,1-4H3. The highest BCUT2D eigenvalue weighted by molar-refractivity contribution is 5.66. The van der Waals surface area contributed by atoms with E-state index in [0.717, 1.165) is 0 Å². The lowest BCUT2D eigenvalue weighted by molar-refractivity contribution is -0.136. The van der Waals surface area contributed by atoms with Crippen molar-refractivity contribution in [3.05, 3.63) is 5.69 Å². The predicted molar refractivity (Wildman–Crippen MR) is 65.5 cm³/mol. The van der Waals surface area contributed by atoms with Crippen molar-refractivity contribution in [3.63, 3.8) is 0 Å². The number of hydrogen-bond acceptors (Lipinski definition) is 3. The molecule has 0 aliphatic rings. The first kappa shape index (κ1) is 14.7. The highest BCUT2D eigenvalue weighted by atomic mass is 19.4. The normalized spacial score (nSPS) is 14.0. The minimum absolute atomic E-state index is 0.129. The number of nitrogen functional groups attached to an aromatic ring is 1. The summed E-state index contributed by atoms with van der Waals surface area (Å²) in [4.78, 5) is 0. The van der Waals surface area contributed by atoms with E-state index in [-0.39, 0.29) is 5.92 Å². The zero-order valence-corrected chi connectivity index (χ0v) is 11.0. The van der Waals surface area contributed by atoms with Crippen LogP contribution >= 0.6 is 0 Å². The monoisotopic (exact) mass is 264 g/mol. The summed E-state index contributed by atoms with van der Waals surface area (Å²) in [5.74, 6) is 0.570. The van der Waals surface area contributed by atoms with Gasteiger partial charge in [-0.1, -0.05) is 13.8 Å². The topological polar surface area (TPSA) is 55.9 Å². The first-order valence-electron chi connectivity index (χ1n) is 5.77. The van der Waals surface area contributed by atoms with Crippen molar-refractivity contribution in [1.29, 1.82) is 0 Å². The first-order chi connectivity index (χ1) is 8.11. The van der Waals surface area contributed by atoms with E-state index in [4.69, 9.17) is 5.73 Å². The van der Waals surface area contributed by atoms with E-state index in [1.165, 1.54) is 11.6 Å². The second-order valence-corrected chi connectivity index (χ2v) is 4.79. The van der Waals surface area contributed by atoms with Gasteiger partial charge in [0.25, 0.3) is 0 Å². The van der Waals surface area contributed by atoms with E-state index >= 15 is 0 Å². The highest BCUT2D eigenvalue weighted by Gasteiger charge is 2.30. The molecular formula is C11H19F3N4. The van der Waals surface area contributed by atoms with Gasteiger partial charge in [-0.3, -0.25) is 4.68 Å². The first-order valence-corrected chi connectivity index (χ1v) is 5.77. The molecule has 0 saturated heterocycles. The van der Waals surface area contributed by atoms with Crippen LogP contribution in [-0.2, 0) is 7.05 Å². The van der Waals surface area contributed by atoms with Gasteiger partial charge in [0.1, 0.15) is 5.82 Å². The molecule has 1 aromatic heterocycles. The Morgan fingerprint density at radius 3 is 2.28 bits per heavy atom. The number of aryl methyl sites for hydroxylation is 1. The number of alkyl halides is 3. The number of hydrogen-bond donors (Lipinski definition) is 2. The maximum Gasteiger partial charge on any atom is 0.391 e. The Morgan fingerprint density at radius 2 is 1.89 bits per heavy atom. The maximum absolute atomic E-state index is 12.2. The second kappa shape index (κ2) is 5.07. The Morgan fingerprint density at radius 1 is 1.33 bits per heavy atom. The van der Waals surface area contributed by atoms with Gasteiger partial charge in [0.05, 0.1) is 17.8 Å². The third kappa shape index (κ3) is 3.54. The van der Waals surface area contributed by atoms with Gasteiger partial charge in [0.15, 0.2) is 0 Å². The summed E-state index contributed by atoms with van der Waals surface area (Å²) < 4.78 is 38.2. The van der Waals surface area contributed by atoms with Crippen LogP contribution in [-0.4, -0.2) is 22.0 Å². The van der Waals surface area contributed by atoms with E-state index in [1.54, 1.807) is 7.05 Å². The summed E-state index contributed by atoms with van der Waals surface area (Å²) >= 11 is 0. The molecule has 0 bridgehead atoms. The van der Waals surface area contributed by atoms with E-state index in [0.29, 0.717) is 17.2 Å². The fourth-order valence-electron chi connectivity index (χ4n) is 1.79. The summed E-state index contributed by atoms with van der Waals surface area (Å²) in [7, 11) is 1.66. The molecule has 0 aliphatic carbocycles. The minimum atomic E-state index is -4.19. The van der Waals surface area contributed by atoms with Crippen LogP contribution in [0, 0.1) is 0 Å². The number of nitrogens with two attached hydrogens (primary N) is 1. The summed E-state index contributed by atoms with van der Waals surface area (Å²) in [6.07, 6.45) is -5.10. The van der Waals surface area contributed by atoms with Crippen LogP contribution in [0.25, 0.3) is 0 Å². The van der Waals surface area contributed by atoms with Crippen LogP contribution in [0.4, 0.5) is 24.7 Å². The van der Waals surface area contributed by atoms with Crippen LogP contribution in [0.2, 0.25) is 0 Å². The molecule has 0 spiro atoms. The van der Waals surface area contributed by atoms with Crippen molar-refractivity contribution in [2.45, 2.75) is 45.3 Å². The summed E-state index contributed by atoms with van der Waals surface area (Å²) in [6.45, 7) is 5.33. The molecule has 0 fully saturated rings. The zero-order chi connectivity index (χ0) is 14.1. The number of rotatable bonds is 4.